The van der Waals surface area contributed by atoms with Gasteiger partial charge in [-0.1, -0.05) is 11.2 Å². The molecule has 0 fully saturated rings. The Bertz CT molecular complexity index is 1120. The minimum absolute atomic E-state index is 0.140. The molecule has 0 saturated heterocycles. The van der Waals surface area contributed by atoms with Gasteiger partial charge in [-0.2, -0.15) is 4.98 Å². The molecule has 10 nitrogen and oxygen atoms in total. The molecular formula is C21H20FN7O3. The average molecular weight is 437 g/mol. The molecule has 0 saturated carbocycles. The summed E-state index contributed by atoms with van der Waals surface area (Å²) < 4.78 is 18.2. The molecule has 2 aliphatic heterocycles. The van der Waals surface area contributed by atoms with Crippen LogP contribution >= 0.6 is 0 Å². The minimum atomic E-state index is -0.493. The van der Waals surface area contributed by atoms with Crippen LogP contribution in [0.3, 0.4) is 0 Å². The van der Waals surface area contributed by atoms with Crippen LogP contribution in [0.5, 0.6) is 0 Å². The zero-order chi connectivity index (χ0) is 22.3. The third kappa shape index (κ3) is 5.17. The molecule has 1 atom stereocenters. The van der Waals surface area contributed by atoms with E-state index in [0.29, 0.717) is 54.7 Å². The van der Waals surface area contributed by atoms with Crippen LogP contribution in [0.1, 0.15) is 18.7 Å². The maximum absolute atomic E-state index is 13.0. The monoisotopic (exact) mass is 437 g/mol. The fraction of sp³-hybridized carbons (Fsp3) is 0.286. The van der Waals surface area contributed by atoms with Gasteiger partial charge in [-0.05, 0) is 36.8 Å². The molecule has 2 aliphatic rings. The van der Waals surface area contributed by atoms with Crippen molar-refractivity contribution in [2.24, 2.45) is 21.1 Å². The molecular weight excluding hydrogens is 417 g/mol. The van der Waals surface area contributed by atoms with Gasteiger partial charge in [0.15, 0.2) is 5.82 Å². The highest BCUT2D eigenvalue weighted by atomic mass is 19.1. The number of aromatic nitrogens is 2. The molecule has 0 bridgehead atoms. The molecule has 1 aromatic carbocycles. The maximum atomic E-state index is 13.0. The molecule has 11 heteroatoms. The predicted octanol–water partition coefficient (Wildman–Crippen LogP) is 2.32. The van der Waals surface area contributed by atoms with Gasteiger partial charge >= 0.3 is 0 Å². The van der Waals surface area contributed by atoms with E-state index in [-0.39, 0.29) is 24.1 Å². The highest BCUT2D eigenvalue weighted by molar-refractivity contribution is 5.88. The van der Waals surface area contributed by atoms with Gasteiger partial charge in [0.2, 0.25) is 17.6 Å². The van der Waals surface area contributed by atoms with Crippen molar-refractivity contribution < 1.29 is 18.5 Å². The van der Waals surface area contributed by atoms with Gasteiger partial charge in [-0.25, -0.2) is 4.39 Å². The van der Waals surface area contributed by atoms with E-state index < -0.39 is 5.92 Å². The SMILES string of the molecule is O=C(CCc1nc(-c2ccc(F)cc2)no1)NCCCNC1=C2N=CC=CC2C(=O)N=N1. The number of aliphatic imine (C=N–C) groups is 1. The zero-order valence-electron chi connectivity index (χ0n) is 17.0. The molecule has 2 aromatic rings. The van der Waals surface area contributed by atoms with Crippen molar-refractivity contribution in [3.05, 3.63) is 59.6 Å². The van der Waals surface area contributed by atoms with E-state index in [1.54, 1.807) is 30.5 Å². The Balaban J connectivity index is 1.16. The summed E-state index contributed by atoms with van der Waals surface area (Å²) in [6.45, 7) is 0.991. The van der Waals surface area contributed by atoms with Crippen molar-refractivity contribution in [1.29, 1.82) is 0 Å². The first-order chi connectivity index (χ1) is 15.6. The lowest BCUT2D eigenvalue weighted by Crippen LogP contribution is -2.29. The van der Waals surface area contributed by atoms with E-state index in [1.807, 2.05) is 0 Å². The first-order valence-corrected chi connectivity index (χ1v) is 10.1. The minimum Gasteiger partial charge on any atom is -0.367 e. The third-order valence-electron chi connectivity index (χ3n) is 4.76. The van der Waals surface area contributed by atoms with Gasteiger partial charge in [0.05, 0.1) is 0 Å². The van der Waals surface area contributed by atoms with Gasteiger partial charge in [0.1, 0.15) is 17.4 Å². The van der Waals surface area contributed by atoms with Crippen LogP contribution in [-0.4, -0.2) is 41.3 Å². The number of hydrogen-bond acceptors (Lipinski definition) is 8. The van der Waals surface area contributed by atoms with Crippen LogP contribution in [-0.2, 0) is 16.0 Å². The number of nitrogens with zero attached hydrogens (tertiary/aromatic N) is 5. The smallest absolute Gasteiger partial charge is 0.277 e. The topological polar surface area (TPSA) is 134 Å². The first-order valence-electron chi connectivity index (χ1n) is 10.1. The molecule has 0 aliphatic carbocycles. The van der Waals surface area contributed by atoms with Crippen LogP contribution in [0.15, 0.2) is 67.7 Å². The quantitative estimate of drug-likeness (QED) is 0.578. The molecule has 0 spiro atoms. The number of carbonyl (C=O) groups is 2. The number of rotatable bonds is 9. The largest absolute Gasteiger partial charge is 0.367 e. The summed E-state index contributed by atoms with van der Waals surface area (Å²) in [6.07, 6.45) is 6.19. The van der Waals surface area contributed by atoms with Crippen LogP contribution in [0.25, 0.3) is 11.4 Å². The second kappa shape index (κ2) is 9.86. The summed E-state index contributed by atoms with van der Waals surface area (Å²) in [4.78, 5) is 32.2. The number of halogens is 1. The number of benzene rings is 1. The highest BCUT2D eigenvalue weighted by Gasteiger charge is 2.28. The Hall–Kier alpha value is -4.02. The van der Waals surface area contributed by atoms with Crippen molar-refractivity contribution in [3.63, 3.8) is 0 Å². The number of nitrogens with one attached hydrogen (secondary N) is 2. The van der Waals surface area contributed by atoms with Crippen LogP contribution in [0, 0.1) is 11.7 Å². The van der Waals surface area contributed by atoms with E-state index in [2.05, 4.69) is 36.0 Å². The number of dihydropyridines is 1. The number of carbonyl (C=O) groups excluding carboxylic acids is 2. The Kier molecular flexibility index (Phi) is 6.54. The fourth-order valence-electron chi connectivity index (χ4n) is 3.11. The van der Waals surface area contributed by atoms with Crippen LogP contribution in [0.2, 0.25) is 0 Å². The van der Waals surface area contributed by atoms with E-state index in [0.717, 1.165) is 0 Å². The molecule has 2 amide bonds. The first kappa shape index (κ1) is 21.2. The van der Waals surface area contributed by atoms with Gasteiger partial charge in [0, 0.05) is 37.7 Å². The summed E-state index contributed by atoms with van der Waals surface area (Å²) in [7, 11) is 0. The van der Waals surface area contributed by atoms with Gasteiger partial charge < -0.3 is 15.2 Å². The Morgan fingerprint density at radius 1 is 1.16 bits per heavy atom. The fourth-order valence-corrected chi connectivity index (χ4v) is 3.11. The van der Waals surface area contributed by atoms with E-state index in [9.17, 15) is 14.0 Å². The Morgan fingerprint density at radius 2 is 2.00 bits per heavy atom. The summed E-state index contributed by atoms with van der Waals surface area (Å²) >= 11 is 0. The van der Waals surface area contributed by atoms with Gasteiger partial charge in [0.25, 0.3) is 5.91 Å². The number of aryl methyl sites for hydroxylation is 1. The van der Waals surface area contributed by atoms with Crippen molar-refractivity contribution in [2.75, 3.05) is 13.1 Å². The summed E-state index contributed by atoms with van der Waals surface area (Å²) in [5.41, 5.74) is 1.19. The summed E-state index contributed by atoms with van der Waals surface area (Å²) in [5, 5.41) is 17.3. The maximum Gasteiger partial charge on any atom is 0.277 e. The zero-order valence-corrected chi connectivity index (χ0v) is 17.0. The number of azo groups is 1. The summed E-state index contributed by atoms with van der Waals surface area (Å²) in [6, 6.07) is 5.76. The van der Waals surface area contributed by atoms with E-state index in [1.165, 1.54) is 12.1 Å². The van der Waals surface area contributed by atoms with Crippen LogP contribution in [0.4, 0.5) is 4.39 Å². The average Bonchev–Trinajstić information content (AvgIpc) is 3.28. The second-order valence-corrected chi connectivity index (χ2v) is 7.06. The number of amides is 2. The lowest BCUT2D eigenvalue weighted by atomic mass is 10.0. The number of fused-ring (bicyclic) bond motifs is 1. The lowest BCUT2D eigenvalue weighted by molar-refractivity contribution is -0.121. The highest BCUT2D eigenvalue weighted by Crippen LogP contribution is 2.26. The number of allylic oxidation sites excluding steroid dienone is 1. The molecule has 1 unspecified atom stereocenters. The summed E-state index contributed by atoms with van der Waals surface area (Å²) in [5.74, 6) is -0.158. The molecule has 1 aromatic heterocycles. The van der Waals surface area contributed by atoms with Crippen molar-refractivity contribution in [1.82, 2.24) is 20.8 Å². The number of hydrogen-bond donors (Lipinski definition) is 2. The van der Waals surface area contributed by atoms with Crippen LogP contribution < -0.4 is 10.6 Å². The van der Waals surface area contributed by atoms with Gasteiger partial charge in [-0.15, -0.1) is 10.2 Å². The third-order valence-corrected chi connectivity index (χ3v) is 4.76. The van der Waals surface area contributed by atoms with Crippen molar-refractivity contribution >= 4 is 18.0 Å². The lowest BCUT2D eigenvalue weighted by Gasteiger charge is -2.19. The Morgan fingerprint density at radius 3 is 2.84 bits per heavy atom. The normalized spacial score (nSPS) is 16.9. The van der Waals surface area contributed by atoms with Crippen molar-refractivity contribution in [2.45, 2.75) is 19.3 Å². The predicted molar refractivity (Wildman–Crippen MR) is 112 cm³/mol. The Labute approximate surface area is 182 Å². The molecule has 4 rings (SSSR count). The molecule has 32 heavy (non-hydrogen) atoms. The second-order valence-electron chi connectivity index (χ2n) is 7.06. The van der Waals surface area contributed by atoms with Crippen molar-refractivity contribution in [3.8, 4) is 11.4 Å². The molecule has 3 heterocycles. The van der Waals surface area contributed by atoms with Gasteiger partial charge in [-0.3, -0.25) is 14.6 Å². The van der Waals surface area contributed by atoms with E-state index in [4.69, 9.17) is 4.52 Å². The molecule has 164 valence electrons. The van der Waals surface area contributed by atoms with E-state index >= 15 is 0 Å². The standard InChI is InChI=1S/C21H20FN7O3/c22-14-6-4-13(5-7-14)19-26-17(32-29-19)9-8-16(30)23-11-2-12-25-20-18-15(3-1-10-24-18)21(31)28-27-20/h1,3-7,10,15,25H,2,8-9,11-12H2,(H,23,30). The molecule has 0 radical (unpaired) electrons. The molecule has 2 N–H and O–H groups in total.